The number of nitrogens with zero attached hydrogens (tertiary/aromatic N) is 4. The van der Waals surface area contributed by atoms with Crippen molar-refractivity contribution in [2.75, 3.05) is 6.54 Å². The van der Waals surface area contributed by atoms with Gasteiger partial charge < -0.3 is 9.88 Å². The molecule has 0 spiro atoms. The van der Waals surface area contributed by atoms with Crippen molar-refractivity contribution in [1.29, 1.82) is 0 Å². The Morgan fingerprint density at radius 3 is 2.93 bits per heavy atom. The van der Waals surface area contributed by atoms with Crippen LogP contribution in [0, 0.1) is 0 Å². The average molecular weight is 396 g/mol. The second kappa shape index (κ2) is 8.24. The van der Waals surface area contributed by atoms with Crippen LogP contribution in [-0.2, 0) is 39.5 Å². The molecule has 6 nitrogen and oxygen atoms in total. The Bertz CT molecular complexity index is 960. The van der Waals surface area contributed by atoms with Gasteiger partial charge in [-0.25, -0.2) is 4.98 Å². The summed E-state index contributed by atoms with van der Waals surface area (Å²) in [5.41, 5.74) is 4.39. The Hall–Kier alpha value is -2.51. The molecule has 3 aromatic rings. The molecule has 1 aliphatic heterocycles. The molecule has 146 valence electrons. The summed E-state index contributed by atoms with van der Waals surface area (Å²) in [6.07, 6.45) is 7.51. The fourth-order valence-corrected chi connectivity index (χ4v) is 4.64. The molecule has 0 saturated carbocycles. The minimum absolute atomic E-state index is 0.00855. The van der Waals surface area contributed by atoms with E-state index >= 15 is 0 Å². The Kier molecular flexibility index (Phi) is 5.54. The lowest BCUT2D eigenvalue weighted by Gasteiger charge is -2.27. The summed E-state index contributed by atoms with van der Waals surface area (Å²) in [6.45, 7) is 5.26. The second-order valence-corrected chi connectivity index (χ2v) is 8.12. The predicted molar refractivity (Wildman–Crippen MR) is 110 cm³/mol. The van der Waals surface area contributed by atoms with Gasteiger partial charge >= 0.3 is 0 Å². The number of nitrogens with one attached hydrogen (secondary N) is 1. The van der Waals surface area contributed by atoms with Crippen LogP contribution >= 0.6 is 11.3 Å². The average Bonchev–Trinajstić information content (AvgIpc) is 3.32. The molecular formula is C21H25N5OS. The van der Waals surface area contributed by atoms with Crippen molar-refractivity contribution < 1.29 is 4.79 Å². The largest absolute Gasteiger partial charge is 0.345 e. The van der Waals surface area contributed by atoms with E-state index in [1.807, 2.05) is 29.4 Å². The highest BCUT2D eigenvalue weighted by atomic mass is 32.1. The first-order valence-corrected chi connectivity index (χ1v) is 10.5. The van der Waals surface area contributed by atoms with Crippen molar-refractivity contribution in [2.45, 2.75) is 39.4 Å². The van der Waals surface area contributed by atoms with Crippen molar-refractivity contribution in [1.82, 2.24) is 24.8 Å². The summed E-state index contributed by atoms with van der Waals surface area (Å²) in [6, 6.07) is 4.28. The fourth-order valence-electron chi connectivity index (χ4n) is 3.52. The van der Waals surface area contributed by atoms with Crippen LogP contribution in [0.5, 0.6) is 0 Å². The predicted octanol–water partition coefficient (Wildman–Crippen LogP) is 2.93. The number of rotatable bonds is 6. The summed E-state index contributed by atoms with van der Waals surface area (Å²) in [4.78, 5) is 25.2. The first-order valence-electron chi connectivity index (χ1n) is 9.64. The SMILES string of the molecule is CCc1ccc(CN2CCc3c(C(=O)NCc4nccn4C)csc3C2)nc1. The van der Waals surface area contributed by atoms with E-state index in [2.05, 4.69) is 39.2 Å². The zero-order valence-corrected chi connectivity index (χ0v) is 17.1. The van der Waals surface area contributed by atoms with Gasteiger partial charge in [0.15, 0.2) is 0 Å². The molecule has 3 aromatic heterocycles. The highest BCUT2D eigenvalue weighted by Gasteiger charge is 2.24. The number of aromatic nitrogens is 3. The van der Waals surface area contributed by atoms with Crippen LogP contribution in [0.1, 0.15) is 44.8 Å². The monoisotopic (exact) mass is 395 g/mol. The fraction of sp³-hybridized carbons (Fsp3) is 0.381. The summed E-state index contributed by atoms with van der Waals surface area (Å²) < 4.78 is 1.92. The Balaban J connectivity index is 1.38. The van der Waals surface area contributed by atoms with Gasteiger partial charge in [-0.05, 0) is 30.0 Å². The second-order valence-electron chi connectivity index (χ2n) is 7.16. The van der Waals surface area contributed by atoms with Crippen LogP contribution in [0.25, 0.3) is 0 Å². The number of thiophene rings is 1. The molecule has 28 heavy (non-hydrogen) atoms. The lowest BCUT2D eigenvalue weighted by atomic mass is 10.0. The van der Waals surface area contributed by atoms with Crippen molar-refractivity contribution in [3.05, 3.63) is 69.2 Å². The van der Waals surface area contributed by atoms with Gasteiger partial charge in [-0.15, -0.1) is 11.3 Å². The van der Waals surface area contributed by atoms with Gasteiger partial charge in [0.25, 0.3) is 5.91 Å². The third-order valence-electron chi connectivity index (χ3n) is 5.28. The summed E-state index contributed by atoms with van der Waals surface area (Å²) in [7, 11) is 1.93. The minimum Gasteiger partial charge on any atom is -0.345 e. The molecule has 0 aliphatic carbocycles. The van der Waals surface area contributed by atoms with E-state index in [4.69, 9.17) is 0 Å². The molecule has 0 bridgehead atoms. The molecular weight excluding hydrogens is 370 g/mol. The molecule has 4 rings (SSSR count). The van der Waals surface area contributed by atoms with Gasteiger partial charge in [-0.3, -0.25) is 14.7 Å². The van der Waals surface area contributed by atoms with E-state index in [0.29, 0.717) is 6.54 Å². The standard InChI is InChI=1S/C21H25N5OS/c1-3-15-4-5-16(23-10-15)12-26-8-6-17-18(14-28-19(17)13-26)21(27)24-11-20-22-7-9-25(20)2/h4-5,7,9-10,14H,3,6,8,11-13H2,1-2H3,(H,24,27). The molecule has 0 saturated heterocycles. The topological polar surface area (TPSA) is 63.1 Å². The Labute approximate surface area is 169 Å². The van der Waals surface area contributed by atoms with E-state index in [9.17, 15) is 4.79 Å². The summed E-state index contributed by atoms with van der Waals surface area (Å²) in [5.74, 6) is 0.844. The number of imidazole rings is 1. The van der Waals surface area contributed by atoms with Crippen LogP contribution in [0.3, 0.4) is 0 Å². The molecule has 0 fully saturated rings. The van der Waals surface area contributed by atoms with Gasteiger partial charge in [-0.1, -0.05) is 13.0 Å². The van der Waals surface area contributed by atoms with Crippen LogP contribution < -0.4 is 5.32 Å². The van der Waals surface area contributed by atoms with Gasteiger partial charge in [0.05, 0.1) is 17.8 Å². The lowest BCUT2D eigenvalue weighted by Crippen LogP contribution is -2.31. The van der Waals surface area contributed by atoms with Crippen molar-refractivity contribution >= 4 is 17.2 Å². The van der Waals surface area contributed by atoms with Crippen molar-refractivity contribution in [3.8, 4) is 0 Å². The van der Waals surface area contributed by atoms with Crippen LogP contribution in [0.2, 0.25) is 0 Å². The highest BCUT2D eigenvalue weighted by Crippen LogP contribution is 2.29. The normalized spacial score (nSPS) is 14.1. The van der Waals surface area contributed by atoms with E-state index in [-0.39, 0.29) is 5.91 Å². The number of aryl methyl sites for hydroxylation is 2. The maximum absolute atomic E-state index is 12.7. The number of hydrogen-bond donors (Lipinski definition) is 1. The van der Waals surface area contributed by atoms with Crippen LogP contribution in [-0.4, -0.2) is 31.9 Å². The zero-order chi connectivity index (χ0) is 19.5. The summed E-state index contributed by atoms with van der Waals surface area (Å²) in [5, 5.41) is 5.00. The third kappa shape index (κ3) is 4.00. The van der Waals surface area contributed by atoms with E-state index in [1.165, 1.54) is 16.0 Å². The Morgan fingerprint density at radius 2 is 2.21 bits per heavy atom. The maximum atomic E-state index is 12.7. The number of amides is 1. The van der Waals surface area contributed by atoms with E-state index in [1.54, 1.807) is 17.5 Å². The van der Waals surface area contributed by atoms with Gasteiger partial charge in [-0.2, -0.15) is 0 Å². The Morgan fingerprint density at radius 1 is 1.32 bits per heavy atom. The van der Waals surface area contributed by atoms with Crippen molar-refractivity contribution in [3.63, 3.8) is 0 Å². The highest BCUT2D eigenvalue weighted by molar-refractivity contribution is 7.10. The first-order chi connectivity index (χ1) is 13.6. The van der Waals surface area contributed by atoms with E-state index in [0.717, 1.165) is 49.6 Å². The molecule has 1 amide bonds. The third-order valence-corrected chi connectivity index (χ3v) is 6.29. The molecule has 1 N–H and O–H groups in total. The maximum Gasteiger partial charge on any atom is 0.252 e. The molecule has 0 aromatic carbocycles. The quantitative estimate of drug-likeness (QED) is 0.697. The molecule has 0 atom stereocenters. The molecule has 0 radical (unpaired) electrons. The zero-order valence-electron chi connectivity index (χ0n) is 16.3. The molecule has 0 unspecified atom stereocenters. The number of carbonyl (C=O) groups is 1. The number of pyridine rings is 1. The first kappa shape index (κ1) is 18.8. The number of carbonyl (C=O) groups excluding carboxylic acids is 1. The number of hydrogen-bond acceptors (Lipinski definition) is 5. The summed E-state index contributed by atoms with van der Waals surface area (Å²) >= 11 is 1.68. The van der Waals surface area contributed by atoms with Crippen molar-refractivity contribution in [2.24, 2.45) is 7.05 Å². The number of fused-ring (bicyclic) bond motifs is 1. The van der Waals surface area contributed by atoms with Gasteiger partial charge in [0.2, 0.25) is 0 Å². The van der Waals surface area contributed by atoms with Crippen LogP contribution in [0.4, 0.5) is 0 Å². The lowest BCUT2D eigenvalue weighted by molar-refractivity contribution is 0.0948. The van der Waals surface area contributed by atoms with Crippen LogP contribution in [0.15, 0.2) is 36.1 Å². The van der Waals surface area contributed by atoms with Gasteiger partial charge in [0, 0.05) is 55.5 Å². The smallest absolute Gasteiger partial charge is 0.252 e. The molecule has 4 heterocycles. The minimum atomic E-state index is -0.00855. The molecule has 7 heteroatoms. The van der Waals surface area contributed by atoms with E-state index < -0.39 is 0 Å². The molecule has 1 aliphatic rings. The van der Waals surface area contributed by atoms with Gasteiger partial charge in [0.1, 0.15) is 5.82 Å².